The summed E-state index contributed by atoms with van der Waals surface area (Å²) < 4.78 is 0. The minimum Gasteiger partial charge on any atom is -0.350 e. The molecule has 1 atom stereocenters. The third kappa shape index (κ3) is 4.76. The molecule has 1 aliphatic heterocycles. The summed E-state index contributed by atoms with van der Waals surface area (Å²) in [6, 6.07) is 12.7. The van der Waals surface area contributed by atoms with Gasteiger partial charge in [0.25, 0.3) is 11.8 Å². The van der Waals surface area contributed by atoms with Gasteiger partial charge in [-0.1, -0.05) is 19.1 Å². The van der Waals surface area contributed by atoms with Crippen molar-refractivity contribution in [3.63, 3.8) is 0 Å². The molecule has 1 heterocycles. The van der Waals surface area contributed by atoms with Gasteiger partial charge < -0.3 is 16.0 Å². The van der Waals surface area contributed by atoms with E-state index in [0.717, 1.165) is 23.2 Å². The fourth-order valence-electron chi connectivity index (χ4n) is 2.99. The maximum absolute atomic E-state index is 12.4. The van der Waals surface area contributed by atoms with Gasteiger partial charge in [0.15, 0.2) is 0 Å². The van der Waals surface area contributed by atoms with E-state index in [9.17, 15) is 14.4 Å². The number of carbonyl (C=O) groups excluding carboxylic acids is 3. The van der Waals surface area contributed by atoms with Gasteiger partial charge in [-0.3, -0.25) is 14.4 Å². The highest BCUT2D eigenvalue weighted by molar-refractivity contribution is 5.98. The molecule has 2 aromatic carbocycles. The number of carbonyl (C=O) groups is 3. The predicted molar refractivity (Wildman–Crippen MR) is 108 cm³/mol. The van der Waals surface area contributed by atoms with E-state index in [-0.39, 0.29) is 23.8 Å². The molecule has 6 heteroatoms. The summed E-state index contributed by atoms with van der Waals surface area (Å²) in [4.78, 5) is 36.0. The molecule has 3 amide bonds. The number of hydrogen-bond acceptors (Lipinski definition) is 3. The Morgan fingerprint density at radius 3 is 2.46 bits per heavy atom. The standard InChI is InChI=1S/C22H25N3O3/c1-3-14(2)24-22(28)16-6-4-15(5-7-16)13-23-21(27)18-8-10-19-17(12-18)9-11-20(26)25-19/h4-8,10,12,14H,3,9,11,13H2,1-2H3,(H,23,27)(H,24,28)(H,25,26)/t14-/m1/s1. The van der Waals surface area contributed by atoms with E-state index in [2.05, 4.69) is 16.0 Å². The van der Waals surface area contributed by atoms with Gasteiger partial charge in [0.2, 0.25) is 5.91 Å². The van der Waals surface area contributed by atoms with Gasteiger partial charge in [0.05, 0.1) is 0 Å². The molecule has 146 valence electrons. The quantitative estimate of drug-likeness (QED) is 0.721. The molecule has 3 N–H and O–H groups in total. The van der Waals surface area contributed by atoms with E-state index in [0.29, 0.717) is 30.5 Å². The van der Waals surface area contributed by atoms with Crippen LogP contribution in [0.2, 0.25) is 0 Å². The molecule has 6 nitrogen and oxygen atoms in total. The lowest BCUT2D eigenvalue weighted by Crippen LogP contribution is -2.31. The number of benzene rings is 2. The van der Waals surface area contributed by atoms with Crippen LogP contribution in [0.4, 0.5) is 5.69 Å². The SMILES string of the molecule is CC[C@@H](C)NC(=O)c1ccc(CNC(=O)c2ccc3c(c2)CCC(=O)N3)cc1. The molecule has 0 radical (unpaired) electrons. The maximum atomic E-state index is 12.4. The zero-order valence-corrected chi connectivity index (χ0v) is 16.2. The first kappa shape index (κ1) is 19.6. The third-order valence-corrected chi connectivity index (χ3v) is 4.92. The highest BCUT2D eigenvalue weighted by Crippen LogP contribution is 2.23. The largest absolute Gasteiger partial charge is 0.350 e. The Morgan fingerprint density at radius 1 is 1.04 bits per heavy atom. The number of hydrogen-bond donors (Lipinski definition) is 3. The average molecular weight is 379 g/mol. The molecule has 0 unspecified atom stereocenters. The van der Waals surface area contributed by atoms with Gasteiger partial charge in [-0.25, -0.2) is 0 Å². The van der Waals surface area contributed by atoms with E-state index in [4.69, 9.17) is 0 Å². The lowest BCUT2D eigenvalue weighted by molar-refractivity contribution is -0.116. The fraction of sp³-hybridized carbons (Fsp3) is 0.318. The van der Waals surface area contributed by atoms with E-state index in [1.807, 2.05) is 32.0 Å². The molecule has 28 heavy (non-hydrogen) atoms. The third-order valence-electron chi connectivity index (χ3n) is 4.92. The summed E-state index contributed by atoms with van der Waals surface area (Å²) in [5, 5.41) is 8.63. The molecule has 0 saturated heterocycles. The number of fused-ring (bicyclic) bond motifs is 1. The van der Waals surface area contributed by atoms with Gasteiger partial charge in [-0.15, -0.1) is 0 Å². The van der Waals surface area contributed by atoms with Gasteiger partial charge in [0.1, 0.15) is 0 Å². The molecule has 0 spiro atoms. The van der Waals surface area contributed by atoms with Crippen LogP contribution in [-0.4, -0.2) is 23.8 Å². The van der Waals surface area contributed by atoms with Crippen LogP contribution in [0, 0.1) is 0 Å². The van der Waals surface area contributed by atoms with Gasteiger partial charge in [0, 0.05) is 35.8 Å². The molecule has 2 aromatic rings. The van der Waals surface area contributed by atoms with Crippen molar-refractivity contribution < 1.29 is 14.4 Å². The van der Waals surface area contributed by atoms with Gasteiger partial charge in [-0.2, -0.15) is 0 Å². The summed E-state index contributed by atoms with van der Waals surface area (Å²) in [6.07, 6.45) is 1.96. The first-order chi connectivity index (χ1) is 13.5. The molecule has 0 fully saturated rings. The average Bonchev–Trinajstić information content (AvgIpc) is 2.71. The summed E-state index contributed by atoms with van der Waals surface area (Å²) in [5.41, 5.74) is 3.84. The van der Waals surface area contributed by atoms with E-state index >= 15 is 0 Å². The minimum absolute atomic E-state index is 0.00554. The van der Waals surface area contributed by atoms with Crippen molar-refractivity contribution in [2.75, 3.05) is 5.32 Å². The van der Waals surface area contributed by atoms with Crippen LogP contribution in [0.1, 0.15) is 58.5 Å². The zero-order valence-electron chi connectivity index (χ0n) is 16.2. The van der Waals surface area contributed by atoms with Crippen molar-refractivity contribution in [1.82, 2.24) is 10.6 Å². The Bertz CT molecular complexity index is 890. The zero-order chi connectivity index (χ0) is 20.1. The summed E-state index contributed by atoms with van der Waals surface area (Å²) in [5.74, 6) is -0.254. The van der Waals surface area contributed by atoms with Crippen LogP contribution >= 0.6 is 0 Å². The monoisotopic (exact) mass is 379 g/mol. The Hall–Kier alpha value is -3.15. The number of amides is 3. The minimum atomic E-state index is -0.168. The maximum Gasteiger partial charge on any atom is 0.251 e. The van der Waals surface area contributed by atoms with Crippen LogP contribution < -0.4 is 16.0 Å². The number of aryl methyl sites for hydroxylation is 1. The first-order valence-electron chi connectivity index (χ1n) is 9.57. The summed E-state index contributed by atoms with van der Waals surface area (Å²) in [7, 11) is 0. The van der Waals surface area contributed by atoms with E-state index in [1.165, 1.54) is 0 Å². The molecule has 1 aliphatic rings. The van der Waals surface area contributed by atoms with Crippen molar-refractivity contribution in [2.45, 2.75) is 45.7 Å². The summed E-state index contributed by atoms with van der Waals surface area (Å²) in [6.45, 7) is 4.37. The summed E-state index contributed by atoms with van der Waals surface area (Å²) >= 11 is 0. The smallest absolute Gasteiger partial charge is 0.251 e. The van der Waals surface area contributed by atoms with E-state index < -0.39 is 0 Å². The van der Waals surface area contributed by atoms with Gasteiger partial charge >= 0.3 is 0 Å². The Morgan fingerprint density at radius 2 is 1.75 bits per heavy atom. The molecule has 0 saturated carbocycles. The number of rotatable bonds is 6. The van der Waals surface area contributed by atoms with Crippen LogP contribution in [0.25, 0.3) is 0 Å². The van der Waals surface area contributed by atoms with E-state index in [1.54, 1.807) is 24.3 Å². The molecule has 0 aromatic heterocycles. The normalized spacial score (nSPS) is 13.9. The molecular weight excluding hydrogens is 354 g/mol. The number of anilines is 1. The van der Waals surface area contributed by atoms with Crippen LogP contribution in [-0.2, 0) is 17.8 Å². The van der Waals surface area contributed by atoms with Crippen molar-refractivity contribution in [2.24, 2.45) is 0 Å². The Balaban J connectivity index is 1.57. The van der Waals surface area contributed by atoms with Crippen molar-refractivity contribution in [1.29, 1.82) is 0 Å². The second-order valence-corrected chi connectivity index (χ2v) is 7.08. The molecule has 0 aliphatic carbocycles. The van der Waals surface area contributed by atoms with Crippen molar-refractivity contribution in [3.05, 3.63) is 64.7 Å². The number of nitrogens with one attached hydrogen (secondary N) is 3. The highest BCUT2D eigenvalue weighted by atomic mass is 16.2. The molecule has 3 rings (SSSR count). The lowest BCUT2D eigenvalue weighted by atomic mass is 10.00. The second-order valence-electron chi connectivity index (χ2n) is 7.08. The molecular formula is C22H25N3O3. The fourth-order valence-corrected chi connectivity index (χ4v) is 2.99. The topological polar surface area (TPSA) is 87.3 Å². The van der Waals surface area contributed by atoms with Crippen molar-refractivity contribution >= 4 is 23.4 Å². The second kappa shape index (κ2) is 8.69. The van der Waals surface area contributed by atoms with Crippen LogP contribution in [0.3, 0.4) is 0 Å². The highest BCUT2D eigenvalue weighted by Gasteiger charge is 2.16. The van der Waals surface area contributed by atoms with Crippen molar-refractivity contribution in [3.8, 4) is 0 Å². The van der Waals surface area contributed by atoms with Crippen LogP contribution in [0.15, 0.2) is 42.5 Å². The molecule has 0 bridgehead atoms. The van der Waals surface area contributed by atoms with Gasteiger partial charge in [-0.05, 0) is 61.2 Å². The first-order valence-corrected chi connectivity index (χ1v) is 9.57. The Labute approximate surface area is 164 Å². The van der Waals surface area contributed by atoms with Crippen LogP contribution in [0.5, 0.6) is 0 Å². The predicted octanol–water partition coefficient (Wildman–Crippen LogP) is 3.03. The lowest BCUT2D eigenvalue weighted by Gasteiger charge is -2.17. The Kier molecular flexibility index (Phi) is 6.09.